The lowest BCUT2D eigenvalue weighted by Gasteiger charge is -2.14. The normalized spacial score (nSPS) is 10.9. The predicted molar refractivity (Wildman–Crippen MR) is 95.3 cm³/mol. The number of carbonyl (C=O) groups excluding carboxylic acids is 2. The first-order valence-electron chi connectivity index (χ1n) is 8.01. The molecule has 0 atom stereocenters. The SMILES string of the molecule is CC(=O)c1c(C)[nH]c(C(=O)NCc2ccccc2CN(C)C)c1C. The van der Waals surface area contributed by atoms with Crippen LogP contribution in [0.3, 0.4) is 0 Å². The predicted octanol–water partition coefficient (Wildman–Crippen LogP) is 2.83. The lowest BCUT2D eigenvalue weighted by atomic mass is 10.1. The number of nitrogens with zero attached hydrogens (tertiary/aromatic N) is 1. The van der Waals surface area contributed by atoms with Gasteiger partial charge in [-0.3, -0.25) is 9.59 Å². The molecule has 2 rings (SSSR count). The van der Waals surface area contributed by atoms with Crippen molar-refractivity contribution in [3.05, 3.63) is 57.9 Å². The number of aryl methyl sites for hydroxylation is 1. The van der Waals surface area contributed by atoms with Crippen LogP contribution in [0.2, 0.25) is 0 Å². The van der Waals surface area contributed by atoms with Crippen LogP contribution in [0.1, 0.15) is 50.2 Å². The Hall–Kier alpha value is -2.40. The first-order valence-corrected chi connectivity index (χ1v) is 8.01. The minimum atomic E-state index is -0.192. The second-order valence-electron chi connectivity index (χ2n) is 6.37. The van der Waals surface area contributed by atoms with Gasteiger partial charge in [-0.2, -0.15) is 0 Å². The third-order valence-electron chi connectivity index (χ3n) is 4.06. The average Bonchev–Trinajstić information content (AvgIpc) is 2.80. The summed E-state index contributed by atoms with van der Waals surface area (Å²) in [7, 11) is 4.04. The quantitative estimate of drug-likeness (QED) is 0.802. The van der Waals surface area contributed by atoms with Crippen molar-refractivity contribution in [1.29, 1.82) is 0 Å². The van der Waals surface area contributed by atoms with E-state index in [1.54, 1.807) is 6.92 Å². The van der Waals surface area contributed by atoms with Crippen LogP contribution in [-0.2, 0) is 13.1 Å². The second-order valence-corrected chi connectivity index (χ2v) is 6.37. The molecule has 0 radical (unpaired) electrons. The molecule has 1 aromatic heterocycles. The largest absolute Gasteiger partial charge is 0.354 e. The maximum atomic E-state index is 12.5. The molecule has 0 unspecified atom stereocenters. The summed E-state index contributed by atoms with van der Waals surface area (Å²) < 4.78 is 0. The summed E-state index contributed by atoms with van der Waals surface area (Å²) in [6, 6.07) is 8.06. The Balaban J connectivity index is 2.15. The first kappa shape index (κ1) is 17.9. The van der Waals surface area contributed by atoms with Gasteiger partial charge in [0, 0.05) is 24.3 Å². The Morgan fingerprint density at radius 2 is 1.75 bits per heavy atom. The van der Waals surface area contributed by atoms with E-state index in [0.29, 0.717) is 23.4 Å². The molecule has 0 aliphatic carbocycles. The van der Waals surface area contributed by atoms with Crippen molar-refractivity contribution in [3.63, 3.8) is 0 Å². The average molecular weight is 327 g/mol. The highest BCUT2D eigenvalue weighted by Crippen LogP contribution is 2.18. The standard InChI is InChI=1S/C19H25N3O2/c1-12-17(14(3)23)13(2)21-18(12)19(24)20-10-15-8-6-7-9-16(15)11-22(4)5/h6-9,21H,10-11H2,1-5H3,(H,20,24). The summed E-state index contributed by atoms with van der Waals surface area (Å²) in [6.07, 6.45) is 0. The van der Waals surface area contributed by atoms with E-state index >= 15 is 0 Å². The molecule has 24 heavy (non-hydrogen) atoms. The minimum Gasteiger partial charge on any atom is -0.354 e. The zero-order valence-corrected chi connectivity index (χ0v) is 15.0. The highest BCUT2D eigenvalue weighted by atomic mass is 16.2. The molecule has 0 bridgehead atoms. The zero-order chi connectivity index (χ0) is 17.9. The van der Waals surface area contributed by atoms with Gasteiger partial charge in [0.15, 0.2) is 5.78 Å². The monoisotopic (exact) mass is 327 g/mol. The van der Waals surface area contributed by atoms with Gasteiger partial charge < -0.3 is 15.2 Å². The van der Waals surface area contributed by atoms with E-state index in [4.69, 9.17) is 0 Å². The molecule has 0 spiro atoms. The van der Waals surface area contributed by atoms with Crippen LogP contribution in [-0.4, -0.2) is 35.7 Å². The van der Waals surface area contributed by atoms with Crippen LogP contribution >= 0.6 is 0 Å². The summed E-state index contributed by atoms with van der Waals surface area (Å²) in [5.74, 6) is -0.223. The molecule has 2 aromatic rings. The fourth-order valence-corrected chi connectivity index (χ4v) is 2.99. The van der Waals surface area contributed by atoms with Crippen LogP contribution in [0, 0.1) is 13.8 Å². The highest BCUT2D eigenvalue weighted by molar-refractivity contribution is 6.02. The molecule has 0 fully saturated rings. The van der Waals surface area contributed by atoms with Gasteiger partial charge in [-0.25, -0.2) is 0 Å². The first-order chi connectivity index (χ1) is 11.3. The van der Waals surface area contributed by atoms with Crippen LogP contribution in [0.4, 0.5) is 0 Å². The number of ketones is 1. The Bertz CT molecular complexity index is 760. The summed E-state index contributed by atoms with van der Waals surface area (Å²) in [6.45, 7) is 6.40. The molecule has 1 amide bonds. The van der Waals surface area contributed by atoms with Crippen molar-refractivity contribution in [2.24, 2.45) is 0 Å². The molecule has 0 saturated heterocycles. The summed E-state index contributed by atoms with van der Waals surface area (Å²) in [4.78, 5) is 29.3. The molecule has 1 heterocycles. The number of carbonyl (C=O) groups is 2. The maximum Gasteiger partial charge on any atom is 0.268 e. The number of nitrogens with one attached hydrogen (secondary N) is 2. The van der Waals surface area contributed by atoms with Crippen molar-refractivity contribution >= 4 is 11.7 Å². The number of rotatable bonds is 6. The van der Waals surface area contributed by atoms with Crippen molar-refractivity contribution in [3.8, 4) is 0 Å². The molecule has 0 aliphatic heterocycles. The third kappa shape index (κ3) is 3.92. The Morgan fingerprint density at radius 3 is 2.29 bits per heavy atom. The lowest BCUT2D eigenvalue weighted by molar-refractivity contribution is 0.0945. The van der Waals surface area contributed by atoms with Crippen molar-refractivity contribution < 1.29 is 9.59 Å². The van der Waals surface area contributed by atoms with E-state index in [0.717, 1.165) is 17.8 Å². The molecule has 0 saturated carbocycles. The topological polar surface area (TPSA) is 65.2 Å². The van der Waals surface area contributed by atoms with Crippen LogP contribution < -0.4 is 5.32 Å². The Labute approximate surface area is 143 Å². The number of hydrogen-bond acceptors (Lipinski definition) is 3. The number of aromatic nitrogens is 1. The molecule has 128 valence electrons. The molecule has 0 aliphatic rings. The van der Waals surface area contributed by atoms with Gasteiger partial charge in [-0.1, -0.05) is 24.3 Å². The van der Waals surface area contributed by atoms with Crippen molar-refractivity contribution in [2.45, 2.75) is 33.9 Å². The number of aromatic amines is 1. The van der Waals surface area contributed by atoms with Gasteiger partial charge in [-0.05, 0) is 51.6 Å². The van der Waals surface area contributed by atoms with E-state index in [9.17, 15) is 9.59 Å². The van der Waals surface area contributed by atoms with Crippen molar-refractivity contribution in [2.75, 3.05) is 14.1 Å². The smallest absolute Gasteiger partial charge is 0.268 e. The van der Waals surface area contributed by atoms with E-state index < -0.39 is 0 Å². The zero-order valence-electron chi connectivity index (χ0n) is 15.0. The van der Waals surface area contributed by atoms with E-state index in [-0.39, 0.29) is 11.7 Å². The Kier molecular flexibility index (Phi) is 5.57. The number of Topliss-reactive ketones (excluding diaryl/α,β-unsaturated/α-hetero) is 1. The summed E-state index contributed by atoms with van der Waals surface area (Å²) >= 11 is 0. The molecule has 1 aromatic carbocycles. The number of amides is 1. The molecule has 2 N–H and O–H groups in total. The summed E-state index contributed by atoms with van der Waals surface area (Å²) in [5.41, 5.74) is 4.78. The summed E-state index contributed by atoms with van der Waals surface area (Å²) in [5, 5.41) is 2.95. The van der Waals surface area contributed by atoms with Gasteiger partial charge in [-0.15, -0.1) is 0 Å². The van der Waals surface area contributed by atoms with Crippen LogP contribution in [0.5, 0.6) is 0 Å². The fraction of sp³-hybridized carbons (Fsp3) is 0.368. The Morgan fingerprint density at radius 1 is 1.12 bits per heavy atom. The van der Waals surface area contributed by atoms with Gasteiger partial charge in [0.2, 0.25) is 0 Å². The van der Waals surface area contributed by atoms with Gasteiger partial charge >= 0.3 is 0 Å². The molecular weight excluding hydrogens is 302 g/mol. The van der Waals surface area contributed by atoms with Crippen molar-refractivity contribution in [1.82, 2.24) is 15.2 Å². The lowest BCUT2D eigenvalue weighted by Crippen LogP contribution is -2.25. The van der Waals surface area contributed by atoms with Gasteiger partial charge in [0.1, 0.15) is 5.69 Å². The molecule has 5 nitrogen and oxygen atoms in total. The number of H-pyrrole nitrogens is 1. The minimum absolute atomic E-state index is 0.0309. The molecule has 5 heteroatoms. The molecular formula is C19H25N3O2. The van der Waals surface area contributed by atoms with Gasteiger partial charge in [0.25, 0.3) is 5.91 Å². The van der Waals surface area contributed by atoms with E-state index in [1.165, 1.54) is 12.5 Å². The maximum absolute atomic E-state index is 12.5. The third-order valence-corrected chi connectivity index (χ3v) is 4.06. The second kappa shape index (κ2) is 7.45. The number of hydrogen-bond donors (Lipinski definition) is 2. The van der Waals surface area contributed by atoms with E-state index in [2.05, 4.69) is 21.3 Å². The van der Waals surface area contributed by atoms with E-state index in [1.807, 2.05) is 39.2 Å². The highest BCUT2D eigenvalue weighted by Gasteiger charge is 2.19. The van der Waals surface area contributed by atoms with Crippen LogP contribution in [0.25, 0.3) is 0 Å². The number of benzene rings is 1. The van der Waals surface area contributed by atoms with Gasteiger partial charge in [0.05, 0.1) is 0 Å². The fourth-order valence-electron chi connectivity index (χ4n) is 2.99. The van der Waals surface area contributed by atoms with Crippen LogP contribution in [0.15, 0.2) is 24.3 Å².